The van der Waals surface area contributed by atoms with Gasteiger partial charge in [0.1, 0.15) is 17.2 Å². The van der Waals surface area contributed by atoms with Gasteiger partial charge in [-0.25, -0.2) is 0 Å². The fourth-order valence-corrected chi connectivity index (χ4v) is 2.60. The van der Waals surface area contributed by atoms with Gasteiger partial charge in [-0.3, -0.25) is 4.99 Å². The summed E-state index contributed by atoms with van der Waals surface area (Å²) in [6.45, 7) is 0. The molecular weight excluding hydrogens is 302 g/mol. The Balaban J connectivity index is 2.02. The molecule has 3 rings (SSSR count). The number of nitrogens with zero attached hydrogens (tertiary/aromatic N) is 1. The van der Waals surface area contributed by atoms with Crippen LogP contribution < -0.4 is 14.2 Å². The second-order valence-corrected chi connectivity index (χ2v) is 5.24. The third kappa shape index (κ3) is 3.18. The van der Waals surface area contributed by atoms with Crippen LogP contribution in [0.2, 0.25) is 0 Å². The van der Waals surface area contributed by atoms with Gasteiger partial charge in [-0.2, -0.15) is 0 Å². The third-order valence-electron chi connectivity index (χ3n) is 3.80. The van der Waals surface area contributed by atoms with Crippen LogP contribution in [0.5, 0.6) is 17.2 Å². The van der Waals surface area contributed by atoms with Crippen molar-refractivity contribution in [2.75, 3.05) is 21.3 Å². The quantitative estimate of drug-likeness (QED) is 0.644. The monoisotopic (exact) mass is 321 g/mol. The van der Waals surface area contributed by atoms with Crippen LogP contribution in [0.3, 0.4) is 0 Å². The van der Waals surface area contributed by atoms with Crippen LogP contribution in [-0.2, 0) is 0 Å². The third-order valence-corrected chi connectivity index (χ3v) is 3.80. The maximum atomic E-state index is 5.60. The molecule has 0 spiro atoms. The first-order chi connectivity index (χ1) is 11.7. The lowest BCUT2D eigenvalue weighted by Gasteiger charge is -2.09. The molecule has 0 bridgehead atoms. The van der Waals surface area contributed by atoms with Gasteiger partial charge >= 0.3 is 0 Å². The highest BCUT2D eigenvalue weighted by Crippen LogP contribution is 2.30. The van der Waals surface area contributed by atoms with E-state index in [-0.39, 0.29) is 0 Å². The molecule has 4 nitrogen and oxygen atoms in total. The fourth-order valence-electron chi connectivity index (χ4n) is 2.60. The smallest absolute Gasteiger partial charge is 0.135 e. The molecule has 122 valence electrons. The Morgan fingerprint density at radius 2 is 1.50 bits per heavy atom. The van der Waals surface area contributed by atoms with Gasteiger partial charge in [0.15, 0.2) is 0 Å². The molecular formula is C20H19NO3. The predicted molar refractivity (Wildman–Crippen MR) is 97.3 cm³/mol. The van der Waals surface area contributed by atoms with Crippen LogP contribution in [0.1, 0.15) is 5.56 Å². The highest BCUT2D eigenvalue weighted by atomic mass is 16.5. The minimum atomic E-state index is 0.701. The molecule has 0 saturated heterocycles. The van der Waals surface area contributed by atoms with E-state index in [0.29, 0.717) is 11.5 Å². The number of rotatable bonds is 5. The lowest BCUT2D eigenvalue weighted by Crippen LogP contribution is -1.92. The molecule has 3 aromatic carbocycles. The first-order valence-corrected chi connectivity index (χ1v) is 7.58. The largest absolute Gasteiger partial charge is 0.497 e. The van der Waals surface area contributed by atoms with Crippen molar-refractivity contribution in [3.8, 4) is 17.2 Å². The van der Waals surface area contributed by atoms with Crippen LogP contribution >= 0.6 is 0 Å². The van der Waals surface area contributed by atoms with E-state index in [9.17, 15) is 0 Å². The van der Waals surface area contributed by atoms with Crippen LogP contribution in [-0.4, -0.2) is 27.5 Å². The highest BCUT2D eigenvalue weighted by molar-refractivity contribution is 5.98. The Morgan fingerprint density at radius 1 is 0.792 bits per heavy atom. The summed E-state index contributed by atoms with van der Waals surface area (Å²) in [5.74, 6) is 2.21. The van der Waals surface area contributed by atoms with E-state index in [1.54, 1.807) is 27.5 Å². The molecule has 0 heterocycles. The zero-order chi connectivity index (χ0) is 16.9. The molecule has 0 atom stereocenters. The molecule has 0 unspecified atom stereocenters. The number of fused-ring (bicyclic) bond motifs is 1. The zero-order valence-electron chi connectivity index (χ0n) is 13.9. The van der Waals surface area contributed by atoms with Gasteiger partial charge < -0.3 is 14.2 Å². The van der Waals surface area contributed by atoms with Gasteiger partial charge in [-0.15, -0.1) is 0 Å². The number of hydrogen-bond donors (Lipinski definition) is 0. The van der Waals surface area contributed by atoms with Crippen molar-refractivity contribution in [3.63, 3.8) is 0 Å². The maximum Gasteiger partial charge on any atom is 0.135 e. The van der Waals surface area contributed by atoms with Crippen molar-refractivity contribution < 1.29 is 14.2 Å². The van der Waals surface area contributed by atoms with E-state index in [0.717, 1.165) is 27.8 Å². The summed E-state index contributed by atoms with van der Waals surface area (Å²) in [6.07, 6.45) is 1.79. The van der Waals surface area contributed by atoms with Gasteiger partial charge in [0, 0.05) is 35.4 Å². The minimum Gasteiger partial charge on any atom is -0.497 e. The summed E-state index contributed by atoms with van der Waals surface area (Å²) in [6, 6.07) is 17.7. The summed E-state index contributed by atoms with van der Waals surface area (Å²) in [7, 11) is 4.91. The van der Waals surface area contributed by atoms with Crippen molar-refractivity contribution in [3.05, 3.63) is 60.2 Å². The SMILES string of the molecule is COc1cc(N=Cc2ccc3ccccc3c2OC)cc(OC)c1. The Labute approximate surface area is 141 Å². The lowest BCUT2D eigenvalue weighted by molar-refractivity contribution is 0.394. The number of hydrogen-bond acceptors (Lipinski definition) is 4. The van der Waals surface area contributed by atoms with Crippen molar-refractivity contribution in [1.29, 1.82) is 0 Å². The maximum absolute atomic E-state index is 5.60. The number of aliphatic imine (C=N–C) groups is 1. The molecule has 0 aromatic heterocycles. The summed E-state index contributed by atoms with van der Waals surface area (Å²) in [5.41, 5.74) is 1.67. The standard InChI is InChI=1S/C20H19NO3/c1-22-17-10-16(11-18(12-17)23-2)21-13-15-9-8-14-6-4-5-7-19(14)20(15)24-3/h4-13H,1-3H3. The van der Waals surface area contributed by atoms with Crippen molar-refractivity contribution in [2.45, 2.75) is 0 Å². The normalized spacial score (nSPS) is 11.0. The number of methoxy groups -OCH3 is 3. The summed E-state index contributed by atoms with van der Waals surface area (Å²) >= 11 is 0. The predicted octanol–water partition coefficient (Wildman–Crippen LogP) is 4.62. The molecule has 0 N–H and O–H groups in total. The van der Waals surface area contributed by atoms with E-state index in [4.69, 9.17) is 14.2 Å². The molecule has 0 aliphatic rings. The van der Waals surface area contributed by atoms with Gasteiger partial charge in [0.05, 0.1) is 27.0 Å². The average Bonchev–Trinajstić information content (AvgIpc) is 2.65. The van der Waals surface area contributed by atoms with Crippen LogP contribution in [0.25, 0.3) is 10.8 Å². The van der Waals surface area contributed by atoms with E-state index in [1.807, 2.05) is 42.5 Å². The van der Waals surface area contributed by atoms with E-state index in [2.05, 4.69) is 17.1 Å². The molecule has 0 aliphatic heterocycles. The van der Waals surface area contributed by atoms with Crippen molar-refractivity contribution in [1.82, 2.24) is 0 Å². The van der Waals surface area contributed by atoms with Crippen LogP contribution in [0.15, 0.2) is 59.6 Å². The topological polar surface area (TPSA) is 40.0 Å². The first-order valence-electron chi connectivity index (χ1n) is 7.58. The zero-order valence-corrected chi connectivity index (χ0v) is 13.9. The second-order valence-electron chi connectivity index (χ2n) is 5.24. The molecule has 0 amide bonds. The summed E-state index contributed by atoms with van der Waals surface area (Å²) in [5, 5.41) is 2.20. The summed E-state index contributed by atoms with van der Waals surface area (Å²) < 4.78 is 16.1. The molecule has 0 aliphatic carbocycles. The van der Waals surface area contributed by atoms with Crippen LogP contribution in [0.4, 0.5) is 5.69 Å². The van der Waals surface area contributed by atoms with Gasteiger partial charge in [0.2, 0.25) is 0 Å². The van der Waals surface area contributed by atoms with Crippen LogP contribution in [0, 0.1) is 0 Å². The van der Waals surface area contributed by atoms with E-state index >= 15 is 0 Å². The molecule has 0 fully saturated rings. The van der Waals surface area contributed by atoms with Gasteiger partial charge in [0.25, 0.3) is 0 Å². The second kappa shape index (κ2) is 7.04. The first kappa shape index (κ1) is 15.9. The molecule has 4 heteroatoms. The Kier molecular flexibility index (Phi) is 4.66. The fraction of sp³-hybridized carbons (Fsp3) is 0.150. The van der Waals surface area contributed by atoms with E-state index in [1.165, 1.54) is 0 Å². The molecule has 0 saturated carbocycles. The molecule has 0 radical (unpaired) electrons. The van der Waals surface area contributed by atoms with Crippen molar-refractivity contribution in [2.24, 2.45) is 4.99 Å². The summed E-state index contributed by atoms with van der Waals surface area (Å²) in [4.78, 5) is 4.54. The van der Waals surface area contributed by atoms with Gasteiger partial charge in [-0.1, -0.05) is 30.3 Å². The Morgan fingerprint density at radius 3 is 2.17 bits per heavy atom. The lowest BCUT2D eigenvalue weighted by atomic mass is 10.1. The Bertz CT molecular complexity index is 865. The Hall–Kier alpha value is -3.01. The number of benzene rings is 3. The molecule has 3 aromatic rings. The minimum absolute atomic E-state index is 0.701. The van der Waals surface area contributed by atoms with E-state index < -0.39 is 0 Å². The highest BCUT2D eigenvalue weighted by Gasteiger charge is 2.06. The average molecular weight is 321 g/mol. The number of ether oxygens (including phenoxy) is 3. The van der Waals surface area contributed by atoms with Crippen molar-refractivity contribution >= 4 is 22.7 Å². The molecule has 24 heavy (non-hydrogen) atoms. The van der Waals surface area contributed by atoms with Gasteiger partial charge in [-0.05, 0) is 11.5 Å².